The van der Waals surface area contributed by atoms with Crippen molar-refractivity contribution < 1.29 is 4.74 Å². The summed E-state index contributed by atoms with van der Waals surface area (Å²) in [4.78, 5) is 4.24. The smallest absolute Gasteiger partial charge is 0.171 e. The Hall–Kier alpha value is -2.86. The van der Waals surface area contributed by atoms with Crippen molar-refractivity contribution in [1.82, 2.24) is 14.9 Å². The van der Waals surface area contributed by atoms with Crippen molar-refractivity contribution in [3.8, 4) is 11.4 Å². The molecule has 0 saturated heterocycles. The molecule has 0 saturated carbocycles. The molecule has 0 aliphatic carbocycles. The van der Waals surface area contributed by atoms with Crippen LogP contribution in [0.25, 0.3) is 5.69 Å². The molecule has 5 nitrogen and oxygen atoms in total. The molecule has 0 aliphatic heterocycles. The summed E-state index contributed by atoms with van der Waals surface area (Å²) in [6.07, 6.45) is 3.75. The first kappa shape index (κ1) is 17.0. The summed E-state index contributed by atoms with van der Waals surface area (Å²) in [5.41, 5.74) is 3.13. The molecule has 3 rings (SSSR count). The van der Waals surface area contributed by atoms with Gasteiger partial charge in [0.25, 0.3) is 0 Å². The van der Waals surface area contributed by atoms with Crippen molar-refractivity contribution in [3.05, 3.63) is 72.3 Å². The molecule has 2 N–H and O–H groups in total. The molecule has 25 heavy (non-hydrogen) atoms. The molecular formula is C19H20N4OS. The minimum atomic E-state index is 0.572. The monoisotopic (exact) mass is 352 g/mol. The molecule has 0 amide bonds. The predicted octanol–water partition coefficient (Wildman–Crippen LogP) is 3.68. The largest absolute Gasteiger partial charge is 0.497 e. The first-order valence-electron chi connectivity index (χ1n) is 7.94. The molecule has 0 spiro atoms. The molecule has 0 bridgehead atoms. The molecule has 0 fully saturated rings. The van der Waals surface area contributed by atoms with Gasteiger partial charge in [-0.05, 0) is 49.0 Å². The van der Waals surface area contributed by atoms with Gasteiger partial charge < -0.3 is 19.9 Å². The summed E-state index contributed by atoms with van der Waals surface area (Å²) < 4.78 is 7.25. The van der Waals surface area contributed by atoms with Gasteiger partial charge in [0.05, 0.1) is 7.11 Å². The molecule has 1 heterocycles. The summed E-state index contributed by atoms with van der Waals surface area (Å²) in [7, 11) is 1.64. The molecule has 6 heteroatoms. The van der Waals surface area contributed by atoms with E-state index >= 15 is 0 Å². The van der Waals surface area contributed by atoms with E-state index in [0.717, 1.165) is 28.5 Å². The van der Waals surface area contributed by atoms with Crippen molar-refractivity contribution >= 4 is 23.0 Å². The van der Waals surface area contributed by atoms with Crippen LogP contribution in [0.1, 0.15) is 11.4 Å². The SMILES string of the molecule is COc1cccc(NC(=S)NCc2ccc(-n3ccnc3C)cc2)c1. The fourth-order valence-corrected chi connectivity index (χ4v) is 2.67. The van der Waals surface area contributed by atoms with Crippen molar-refractivity contribution in [2.75, 3.05) is 12.4 Å². The topological polar surface area (TPSA) is 51.1 Å². The lowest BCUT2D eigenvalue weighted by Gasteiger charge is -2.12. The Kier molecular flexibility index (Phi) is 5.30. The van der Waals surface area contributed by atoms with Gasteiger partial charge in [-0.3, -0.25) is 0 Å². The van der Waals surface area contributed by atoms with Gasteiger partial charge in [0.2, 0.25) is 0 Å². The number of nitrogens with zero attached hydrogens (tertiary/aromatic N) is 2. The molecule has 128 valence electrons. The number of benzene rings is 2. The summed E-state index contributed by atoms with van der Waals surface area (Å²) in [6, 6.07) is 16.0. The van der Waals surface area contributed by atoms with Crippen molar-refractivity contribution in [3.63, 3.8) is 0 Å². The van der Waals surface area contributed by atoms with E-state index < -0.39 is 0 Å². The van der Waals surface area contributed by atoms with E-state index in [4.69, 9.17) is 17.0 Å². The second-order valence-corrected chi connectivity index (χ2v) is 5.96. The molecule has 1 aromatic heterocycles. The predicted molar refractivity (Wildman–Crippen MR) is 104 cm³/mol. The first-order chi connectivity index (χ1) is 12.2. The number of thiocarbonyl (C=S) groups is 1. The maximum Gasteiger partial charge on any atom is 0.171 e. The lowest BCUT2D eigenvalue weighted by atomic mass is 10.2. The van der Waals surface area contributed by atoms with Gasteiger partial charge in [0.1, 0.15) is 11.6 Å². The zero-order valence-electron chi connectivity index (χ0n) is 14.2. The third kappa shape index (κ3) is 4.36. The van der Waals surface area contributed by atoms with Crippen LogP contribution < -0.4 is 15.4 Å². The van der Waals surface area contributed by atoms with Gasteiger partial charge >= 0.3 is 0 Å². The number of aromatic nitrogens is 2. The second kappa shape index (κ2) is 7.81. The van der Waals surface area contributed by atoms with Crippen LogP contribution in [0, 0.1) is 6.92 Å². The van der Waals surface area contributed by atoms with E-state index in [2.05, 4.69) is 39.9 Å². The molecule has 0 unspecified atom stereocenters. The number of hydrogen-bond acceptors (Lipinski definition) is 3. The molecule has 3 aromatic rings. The van der Waals surface area contributed by atoms with Gasteiger partial charge in [0.15, 0.2) is 5.11 Å². The van der Waals surface area contributed by atoms with E-state index in [1.807, 2.05) is 42.0 Å². The van der Waals surface area contributed by atoms with E-state index in [1.165, 1.54) is 0 Å². The van der Waals surface area contributed by atoms with Gasteiger partial charge in [-0.2, -0.15) is 0 Å². The number of nitrogens with one attached hydrogen (secondary N) is 2. The Morgan fingerprint density at radius 2 is 2.00 bits per heavy atom. The lowest BCUT2D eigenvalue weighted by Crippen LogP contribution is -2.27. The maximum atomic E-state index is 5.35. The highest BCUT2D eigenvalue weighted by Crippen LogP contribution is 2.16. The second-order valence-electron chi connectivity index (χ2n) is 5.55. The normalized spacial score (nSPS) is 10.3. The van der Waals surface area contributed by atoms with Gasteiger partial charge in [-0.25, -0.2) is 4.98 Å². The number of hydrogen-bond donors (Lipinski definition) is 2. The van der Waals surface area contributed by atoms with Gasteiger partial charge in [-0.15, -0.1) is 0 Å². The minimum Gasteiger partial charge on any atom is -0.497 e. The fraction of sp³-hybridized carbons (Fsp3) is 0.158. The molecule has 0 aliphatic rings. The third-order valence-corrected chi connectivity index (χ3v) is 4.07. The number of methoxy groups -OCH3 is 1. The van der Waals surface area contributed by atoms with Crippen molar-refractivity contribution in [1.29, 1.82) is 0 Å². The van der Waals surface area contributed by atoms with Crippen LogP contribution in [-0.4, -0.2) is 21.8 Å². The average Bonchev–Trinajstić information content (AvgIpc) is 3.06. The summed E-state index contributed by atoms with van der Waals surface area (Å²) in [5, 5.41) is 6.94. The van der Waals surface area contributed by atoms with Crippen LogP contribution in [-0.2, 0) is 6.54 Å². The number of anilines is 1. The molecule has 0 radical (unpaired) electrons. The first-order valence-corrected chi connectivity index (χ1v) is 8.35. The highest BCUT2D eigenvalue weighted by atomic mass is 32.1. The highest BCUT2D eigenvalue weighted by molar-refractivity contribution is 7.80. The zero-order chi connectivity index (χ0) is 17.6. The Morgan fingerprint density at radius 1 is 1.20 bits per heavy atom. The van der Waals surface area contributed by atoms with Crippen LogP contribution in [0.15, 0.2) is 60.9 Å². The Balaban J connectivity index is 1.56. The Labute approximate surface area is 152 Å². The summed E-state index contributed by atoms with van der Waals surface area (Å²) >= 11 is 5.35. The van der Waals surface area contributed by atoms with E-state index in [-0.39, 0.29) is 0 Å². The van der Waals surface area contributed by atoms with Crippen LogP contribution in [0.2, 0.25) is 0 Å². The van der Waals surface area contributed by atoms with Crippen molar-refractivity contribution in [2.24, 2.45) is 0 Å². The van der Waals surface area contributed by atoms with Crippen LogP contribution >= 0.6 is 12.2 Å². The van der Waals surface area contributed by atoms with E-state index in [0.29, 0.717) is 11.7 Å². The maximum absolute atomic E-state index is 5.35. The van der Waals surface area contributed by atoms with Crippen LogP contribution in [0.5, 0.6) is 5.75 Å². The number of imidazole rings is 1. The van der Waals surface area contributed by atoms with E-state index in [1.54, 1.807) is 13.3 Å². The number of aryl methyl sites for hydroxylation is 1. The Morgan fingerprint density at radius 3 is 2.68 bits per heavy atom. The standard InChI is InChI=1S/C19H20N4OS/c1-14-20-10-11-23(14)17-8-6-15(7-9-17)13-21-19(25)22-16-4-3-5-18(12-16)24-2/h3-12H,13H2,1-2H3,(H2,21,22,25). The number of rotatable bonds is 5. The quantitative estimate of drug-likeness (QED) is 0.686. The fourth-order valence-electron chi connectivity index (χ4n) is 2.48. The minimum absolute atomic E-state index is 0.572. The highest BCUT2D eigenvalue weighted by Gasteiger charge is 2.02. The molecule has 2 aromatic carbocycles. The molecular weight excluding hydrogens is 332 g/mol. The van der Waals surface area contributed by atoms with Crippen molar-refractivity contribution in [2.45, 2.75) is 13.5 Å². The van der Waals surface area contributed by atoms with Crippen LogP contribution in [0.4, 0.5) is 5.69 Å². The Bertz CT molecular complexity index is 858. The van der Waals surface area contributed by atoms with Gasteiger partial charge in [0, 0.05) is 36.4 Å². The lowest BCUT2D eigenvalue weighted by molar-refractivity contribution is 0.415. The zero-order valence-corrected chi connectivity index (χ0v) is 15.0. The van der Waals surface area contributed by atoms with E-state index in [9.17, 15) is 0 Å². The third-order valence-electron chi connectivity index (χ3n) is 3.82. The molecule has 0 atom stereocenters. The number of ether oxygens (including phenoxy) is 1. The van der Waals surface area contributed by atoms with Crippen LogP contribution in [0.3, 0.4) is 0 Å². The summed E-state index contributed by atoms with van der Waals surface area (Å²) in [6.45, 7) is 2.64. The summed E-state index contributed by atoms with van der Waals surface area (Å²) in [5.74, 6) is 1.76. The average molecular weight is 352 g/mol. The van der Waals surface area contributed by atoms with Gasteiger partial charge in [-0.1, -0.05) is 18.2 Å².